The van der Waals surface area contributed by atoms with Gasteiger partial charge in [-0.2, -0.15) is 0 Å². The molecule has 1 aromatic carbocycles. The topological polar surface area (TPSA) is 73.9 Å². The van der Waals surface area contributed by atoms with E-state index in [9.17, 15) is 9.59 Å². The Kier molecular flexibility index (Phi) is 2.63. The minimum atomic E-state index is -0.686. The molecule has 0 aliphatic carbocycles. The molecule has 0 fully saturated rings. The van der Waals surface area contributed by atoms with Crippen molar-refractivity contribution in [2.75, 3.05) is 26.6 Å². The largest absolute Gasteiger partial charge is 0.493 e. The van der Waals surface area contributed by atoms with E-state index in [1.54, 1.807) is 0 Å². The molecule has 0 unspecified atom stereocenters. The van der Waals surface area contributed by atoms with Gasteiger partial charge in [-0.3, -0.25) is 9.59 Å². The van der Waals surface area contributed by atoms with Crippen molar-refractivity contribution >= 4 is 17.4 Å². The quantitative estimate of drug-likeness (QED) is 0.789. The van der Waals surface area contributed by atoms with Crippen molar-refractivity contribution in [3.05, 3.63) is 11.6 Å². The van der Waals surface area contributed by atoms with Gasteiger partial charge in [-0.1, -0.05) is 0 Å². The highest BCUT2D eigenvalue weighted by molar-refractivity contribution is 6.52. The highest BCUT2D eigenvalue weighted by atomic mass is 16.5. The average Bonchev–Trinajstić information content (AvgIpc) is 2.63. The molecule has 0 saturated heterocycles. The minimum absolute atomic E-state index is 0.226. The molecule has 1 aliphatic rings. The molecular formula is C11H11NO5. The molecule has 6 nitrogen and oxygen atoms in total. The van der Waals surface area contributed by atoms with Crippen LogP contribution in [-0.2, 0) is 4.79 Å². The maximum absolute atomic E-state index is 11.6. The number of ether oxygens (including phenoxy) is 3. The summed E-state index contributed by atoms with van der Waals surface area (Å²) in [7, 11) is 4.32. The lowest BCUT2D eigenvalue weighted by Gasteiger charge is -2.14. The molecule has 1 heterocycles. The Morgan fingerprint density at radius 1 is 1.00 bits per heavy atom. The summed E-state index contributed by atoms with van der Waals surface area (Å²) in [6, 6.07) is 1.46. The van der Waals surface area contributed by atoms with Crippen LogP contribution >= 0.6 is 0 Å². The standard InChI is InChI=1S/C11H11NO5/c1-15-6-4-5-7(12-11(14)8(5)13)10(17-3)9(6)16-2/h4H,1-3H3,(H,12,13,14). The van der Waals surface area contributed by atoms with Crippen molar-refractivity contribution in [3.8, 4) is 17.2 Å². The fraction of sp³-hybridized carbons (Fsp3) is 0.273. The number of rotatable bonds is 3. The molecule has 0 atom stereocenters. The van der Waals surface area contributed by atoms with E-state index in [2.05, 4.69) is 5.32 Å². The van der Waals surface area contributed by atoms with Crippen LogP contribution in [0.1, 0.15) is 10.4 Å². The lowest BCUT2D eigenvalue weighted by atomic mass is 10.1. The summed E-state index contributed by atoms with van der Waals surface area (Å²) in [5, 5.41) is 2.44. The van der Waals surface area contributed by atoms with Gasteiger partial charge in [0.25, 0.3) is 11.7 Å². The van der Waals surface area contributed by atoms with Crippen LogP contribution in [-0.4, -0.2) is 33.0 Å². The average molecular weight is 237 g/mol. The van der Waals surface area contributed by atoms with Gasteiger partial charge in [0.1, 0.15) is 0 Å². The van der Waals surface area contributed by atoms with Crippen LogP contribution in [0.25, 0.3) is 0 Å². The van der Waals surface area contributed by atoms with Gasteiger partial charge in [-0.15, -0.1) is 0 Å². The number of Topliss-reactive ketones (excluding diaryl/α,β-unsaturated/α-hetero) is 1. The number of methoxy groups -OCH3 is 3. The number of hydrogen-bond acceptors (Lipinski definition) is 5. The van der Waals surface area contributed by atoms with Gasteiger partial charge in [0.2, 0.25) is 5.75 Å². The lowest BCUT2D eigenvalue weighted by molar-refractivity contribution is -0.112. The number of ketones is 1. The lowest BCUT2D eigenvalue weighted by Crippen LogP contribution is -2.12. The normalized spacial score (nSPS) is 13.1. The Morgan fingerprint density at radius 3 is 2.18 bits per heavy atom. The minimum Gasteiger partial charge on any atom is -0.493 e. The van der Waals surface area contributed by atoms with Gasteiger partial charge in [0, 0.05) is 0 Å². The van der Waals surface area contributed by atoms with Crippen LogP contribution in [0.15, 0.2) is 6.07 Å². The maximum atomic E-state index is 11.6. The summed E-state index contributed by atoms with van der Waals surface area (Å²) >= 11 is 0. The van der Waals surface area contributed by atoms with Gasteiger partial charge >= 0.3 is 0 Å². The number of carbonyl (C=O) groups is 2. The summed E-state index contributed by atoms with van der Waals surface area (Å²) < 4.78 is 15.4. The Balaban J connectivity index is 2.72. The van der Waals surface area contributed by atoms with Crippen LogP contribution < -0.4 is 19.5 Å². The van der Waals surface area contributed by atoms with Gasteiger partial charge < -0.3 is 19.5 Å². The number of anilines is 1. The van der Waals surface area contributed by atoms with Crippen molar-refractivity contribution in [3.63, 3.8) is 0 Å². The molecule has 1 amide bonds. The zero-order chi connectivity index (χ0) is 12.6. The molecule has 0 spiro atoms. The number of amides is 1. The van der Waals surface area contributed by atoms with Gasteiger partial charge in [-0.25, -0.2) is 0 Å². The third-order valence-corrected chi connectivity index (χ3v) is 2.52. The molecule has 0 aromatic heterocycles. The summed E-state index contributed by atoms with van der Waals surface area (Å²) in [6.07, 6.45) is 0. The third kappa shape index (κ3) is 1.49. The van der Waals surface area contributed by atoms with Gasteiger partial charge in [-0.05, 0) is 6.07 Å². The van der Waals surface area contributed by atoms with Crippen molar-refractivity contribution < 1.29 is 23.8 Å². The number of nitrogens with one attached hydrogen (secondary N) is 1. The van der Waals surface area contributed by atoms with Crippen LogP contribution in [0, 0.1) is 0 Å². The second-order valence-corrected chi connectivity index (χ2v) is 3.35. The second-order valence-electron chi connectivity index (χ2n) is 3.35. The summed E-state index contributed by atoms with van der Waals surface area (Å²) in [6.45, 7) is 0. The summed E-state index contributed by atoms with van der Waals surface area (Å²) in [5.74, 6) is -0.342. The zero-order valence-electron chi connectivity index (χ0n) is 9.62. The van der Waals surface area contributed by atoms with Crippen LogP contribution in [0.5, 0.6) is 17.2 Å². The molecule has 0 saturated carbocycles. The molecule has 2 rings (SSSR count). The van der Waals surface area contributed by atoms with E-state index in [0.717, 1.165) is 0 Å². The first-order valence-electron chi connectivity index (χ1n) is 4.82. The van der Waals surface area contributed by atoms with Crippen molar-refractivity contribution in [2.45, 2.75) is 0 Å². The zero-order valence-corrected chi connectivity index (χ0v) is 9.62. The molecule has 1 aromatic rings. The molecule has 17 heavy (non-hydrogen) atoms. The van der Waals surface area contributed by atoms with E-state index in [0.29, 0.717) is 17.2 Å². The van der Waals surface area contributed by atoms with Gasteiger partial charge in [0.15, 0.2) is 11.5 Å². The van der Waals surface area contributed by atoms with E-state index in [1.807, 2.05) is 0 Å². The number of carbonyl (C=O) groups excluding carboxylic acids is 2. The summed E-state index contributed by atoms with van der Waals surface area (Å²) in [5.41, 5.74) is 0.546. The fourth-order valence-corrected chi connectivity index (χ4v) is 1.75. The molecule has 6 heteroatoms. The predicted molar refractivity (Wildman–Crippen MR) is 59.1 cm³/mol. The monoisotopic (exact) mass is 237 g/mol. The number of hydrogen-bond donors (Lipinski definition) is 1. The first kappa shape index (κ1) is 11.3. The van der Waals surface area contributed by atoms with Crippen molar-refractivity contribution in [2.24, 2.45) is 0 Å². The van der Waals surface area contributed by atoms with Gasteiger partial charge in [0.05, 0.1) is 32.6 Å². The SMILES string of the molecule is COc1cc2c(c(OC)c1OC)NC(=O)C2=O. The van der Waals surface area contributed by atoms with E-state index >= 15 is 0 Å². The molecule has 0 radical (unpaired) electrons. The van der Waals surface area contributed by atoms with Crippen LogP contribution in [0.4, 0.5) is 5.69 Å². The fourth-order valence-electron chi connectivity index (χ4n) is 1.75. The predicted octanol–water partition coefficient (Wildman–Crippen LogP) is 0.847. The van der Waals surface area contributed by atoms with Crippen molar-refractivity contribution in [1.82, 2.24) is 0 Å². The second kappa shape index (κ2) is 3.97. The number of fused-ring (bicyclic) bond motifs is 1. The molecule has 1 aliphatic heterocycles. The van der Waals surface area contributed by atoms with E-state index in [-0.39, 0.29) is 11.3 Å². The molecule has 0 bridgehead atoms. The number of benzene rings is 1. The van der Waals surface area contributed by atoms with E-state index in [1.165, 1.54) is 27.4 Å². The smallest absolute Gasteiger partial charge is 0.296 e. The highest BCUT2D eigenvalue weighted by Gasteiger charge is 2.34. The first-order chi connectivity index (χ1) is 8.13. The maximum Gasteiger partial charge on any atom is 0.296 e. The Labute approximate surface area is 97.5 Å². The third-order valence-electron chi connectivity index (χ3n) is 2.52. The van der Waals surface area contributed by atoms with Crippen molar-refractivity contribution in [1.29, 1.82) is 0 Å². The molecular weight excluding hydrogens is 226 g/mol. The molecule has 1 N–H and O–H groups in total. The van der Waals surface area contributed by atoms with E-state index < -0.39 is 11.7 Å². The van der Waals surface area contributed by atoms with Crippen LogP contribution in [0.3, 0.4) is 0 Å². The summed E-state index contributed by atoms with van der Waals surface area (Å²) in [4.78, 5) is 22.9. The Morgan fingerprint density at radius 2 is 1.65 bits per heavy atom. The molecule has 90 valence electrons. The first-order valence-corrected chi connectivity index (χ1v) is 4.82. The highest BCUT2D eigenvalue weighted by Crippen LogP contribution is 2.46. The Hall–Kier alpha value is -2.24. The van der Waals surface area contributed by atoms with Crippen LogP contribution in [0.2, 0.25) is 0 Å². The van der Waals surface area contributed by atoms with E-state index in [4.69, 9.17) is 14.2 Å². The Bertz CT molecular complexity index is 509.